The second kappa shape index (κ2) is 6.71. The van der Waals surface area contributed by atoms with Crippen LogP contribution in [0.2, 0.25) is 0 Å². The first-order valence-electron chi connectivity index (χ1n) is 6.58. The van der Waals surface area contributed by atoms with Gasteiger partial charge in [0.15, 0.2) is 12.4 Å². The topological polar surface area (TPSA) is 26.3 Å². The third kappa shape index (κ3) is 3.94. The number of ether oxygens (including phenoxy) is 1. The van der Waals surface area contributed by atoms with E-state index >= 15 is 0 Å². The summed E-state index contributed by atoms with van der Waals surface area (Å²) in [6.07, 6.45) is 0. The summed E-state index contributed by atoms with van der Waals surface area (Å²) in [5.74, 6) is 1.14. The van der Waals surface area contributed by atoms with E-state index in [4.69, 9.17) is 4.74 Å². The minimum absolute atomic E-state index is 0.0136. The largest absolute Gasteiger partial charge is 0.485 e. The normalized spacial score (nSPS) is 10.6. The predicted octanol–water partition coefficient (Wildman–Crippen LogP) is 4.83. The third-order valence-electron chi connectivity index (χ3n) is 3.07. The van der Waals surface area contributed by atoms with Crippen LogP contribution in [0.5, 0.6) is 5.75 Å². The zero-order valence-electron chi connectivity index (χ0n) is 11.6. The molecule has 2 aromatic carbocycles. The van der Waals surface area contributed by atoms with Crippen molar-refractivity contribution in [3.63, 3.8) is 0 Å². The first-order chi connectivity index (χ1) is 9.56. The minimum Gasteiger partial charge on any atom is -0.485 e. The van der Waals surface area contributed by atoms with Gasteiger partial charge in [-0.05, 0) is 29.7 Å². The number of hydrogen-bond donors (Lipinski definition) is 0. The van der Waals surface area contributed by atoms with Crippen molar-refractivity contribution in [3.05, 3.63) is 64.1 Å². The van der Waals surface area contributed by atoms with Crippen molar-refractivity contribution in [2.45, 2.75) is 19.8 Å². The molecular formula is C17H17BrO2. The van der Waals surface area contributed by atoms with Crippen molar-refractivity contribution in [2.75, 3.05) is 6.61 Å². The molecule has 0 aliphatic rings. The average Bonchev–Trinajstić information content (AvgIpc) is 2.45. The van der Waals surface area contributed by atoms with Crippen molar-refractivity contribution in [1.82, 2.24) is 0 Å². The molecule has 0 unspecified atom stereocenters. The molecule has 0 saturated heterocycles. The van der Waals surface area contributed by atoms with E-state index in [0.29, 0.717) is 17.2 Å². The van der Waals surface area contributed by atoms with E-state index in [2.05, 4.69) is 29.8 Å². The van der Waals surface area contributed by atoms with E-state index in [9.17, 15) is 4.79 Å². The highest BCUT2D eigenvalue weighted by Crippen LogP contribution is 2.18. The van der Waals surface area contributed by atoms with Crippen LogP contribution >= 0.6 is 15.9 Å². The summed E-state index contributed by atoms with van der Waals surface area (Å²) in [6, 6.07) is 15.2. The SMILES string of the molecule is CC(C)c1ccc(C(=O)COc2cccc(Br)c2)cc1. The number of carbonyl (C=O) groups is 1. The van der Waals surface area contributed by atoms with Gasteiger partial charge in [0.25, 0.3) is 0 Å². The van der Waals surface area contributed by atoms with Crippen molar-refractivity contribution in [3.8, 4) is 5.75 Å². The highest BCUT2D eigenvalue weighted by Gasteiger charge is 2.08. The van der Waals surface area contributed by atoms with Gasteiger partial charge >= 0.3 is 0 Å². The second-order valence-electron chi connectivity index (χ2n) is 4.95. The van der Waals surface area contributed by atoms with Gasteiger partial charge in [-0.25, -0.2) is 0 Å². The fourth-order valence-corrected chi connectivity index (χ4v) is 2.22. The third-order valence-corrected chi connectivity index (χ3v) is 3.56. The molecule has 0 N–H and O–H groups in total. The number of halogens is 1. The molecule has 0 amide bonds. The number of benzene rings is 2. The van der Waals surface area contributed by atoms with Crippen LogP contribution in [0.15, 0.2) is 53.0 Å². The monoisotopic (exact) mass is 332 g/mol. The summed E-state index contributed by atoms with van der Waals surface area (Å²) in [6.45, 7) is 4.32. The zero-order valence-corrected chi connectivity index (χ0v) is 13.2. The molecule has 0 aliphatic heterocycles. The maximum atomic E-state index is 12.0. The maximum Gasteiger partial charge on any atom is 0.200 e. The summed E-state index contributed by atoms with van der Waals surface area (Å²) < 4.78 is 6.44. The Kier molecular flexibility index (Phi) is 4.96. The Bertz CT molecular complexity index is 588. The fourth-order valence-electron chi connectivity index (χ4n) is 1.84. The smallest absolute Gasteiger partial charge is 0.200 e. The summed E-state index contributed by atoms with van der Waals surface area (Å²) in [7, 11) is 0. The van der Waals surface area contributed by atoms with E-state index in [-0.39, 0.29) is 12.4 Å². The lowest BCUT2D eigenvalue weighted by atomic mass is 10.0. The number of rotatable bonds is 5. The molecule has 0 atom stereocenters. The predicted molar refractivity (Wildman–Crippen MR) is 84.5 cm³/mol. The number of hydrogen-bond acceptors (Lipinski definition) is 2. The number of Topliss-reactive ketones (excluding diaryl/α,β-unsaturated/α-hetero) is 1. The molecule has 0 radical (unpaired) electrons. The van der Waals surface area contributed by atoms with Gasteiger partial charge < -0.3 is 4.74 Å². The van der Waals surface area contributed by atoms with E-state index in [1.807, 2.05) is 48.5 Å². The summed E-state index contributed by atoms with van der Waals surface area (Å²) >= 11 is 3.37. The molecule has 0 spiro atoms. The van der Waals surface area contributed by atoms with E-state index in [0.717, 1.165) is 4.47 Å². The fraction of sp³-hybridized carbons (Fsp3) is 0.235. The maximum absolute atomic E-state index is 12.0. The molecule has 2 rings (SSSR count). The van der Waals surface area contributed by atoms with Gasteiger partial charge in [0.1, 0.15) is 5.75 Å². The van der Waals surface area contributed by atoms with Gasteiger partial charge in [-0.1, -0.05) is 60.1 Å². The molecule has 3 heteroatoms. The highest BCUT2D eigenvalue weighted by atomic mass is 79.9. The van der Waals surface area contributed by atoms with Crippen LogP contribution in [0, 0.1) is 0 Å². The Labute approximate surface area is 127 Å². The van der Waals surface area contributed by atoms with Gasteiger partial charge in [0.05, 0.1) is 0 Å². The molecule has 0 aliphatic carbocycles. The first-order valence-corrected chi connectivity index (χ1v) is 7.37. The van der Waals surface area contributed by atoms with Crippen LogP contribution in [-0.4, -0.2) is 12.4 Å². The molecule has 20 heavy (non-hydrogen) atoms. The van der Waals surface area contributed by atoms with E-state index < -0.39 is 0 Å². The van der Waals surface area contributed by atoms with E-state index in [1.165, 1.54) is 5.56 Å². The quantitative estimate of drug-likeness (QED) is 0.732. The second-order valence-corrected chi connectivity index (χ2v) is 5.86. The molecule has 0 aromatic heterocycles. The molecule has 0 saturated carbocycles. The van der Waals surface area contributed by atoms with Crippen LogP contribution < -0.4 is 4.74 Å². The van der Waals surface area contributed by atoms with Gasteiger partial charge in [-0.3, -0.25) is 4.79 Å². The van der Waals surface area contributed by atoms with Crippen LogP contribution in [-0.2, 0) is 0 Å². The molecule has 2 nitrogen and oxygen atoms in total. The molecule has 0 fully saturated rings. The highest BCUT2D eigenvalue weighted by molar-refractivity contribution is 9.10. The number of ketones is 1. The Balaban J connectivity index is 1.98. The average molecular weight is 333 g/mol. The molecule has 0 heterocycles. The van der Waals surface area contributed by atoms with Gasteiger partial charge in [0, 0.05) is 10.0 Å². The summed E-state index contributed by atoms with van der Waals surface area (Å²) in [4.78, 5) is 12.0. The summed E-state index contributed by atoms with van der Waals surface area (Å²) in [5.41, 5.74) is 1.92. The molecule has 104 valence electrons. The van der Waals surface area contributed by atoms with Crippen LogP contribution in [0.3, 0.4) is 0 Å². The van der Waals surface area contributed by atoms with Crippen molar-refractivity contribution in [1.29, 1.82) is 0 Å². The van der Waals surface area contributed by atoms with Crippen LogP contribution in [0.25, 0.3) is 0 Å². The first kappa shape index (κ1) is 14.8. The van der Waals surface area contributed by atoms with Crippen molar-refractivity contribution >= 4 is 21.7 Å². The zero-order chi connectivity index (χ0) is 14.5. The molecule has 2 aromatic rings. The van der Waals surface area contributed by atoms with Gasteiger partial charge in [-0.15, -0.1) is 0 Å². The summed E-state index contributed by atoms with van der Waals surface area (Å²) in [5, 5.41) is 0. The Morgan fingerprint density at radius 2 is 1.85 bits per heavy atom. The lowest BCUT2D eigenvalue weighted by Gasteiger charge is -2.08. The number of carbonyl (C=O) groups excluding carboxylic acids is 1. The Morgan fingerprint density at radius 1 is 1.15 bits per heavy atom. The minimum atomic E-state index is -0.0136. The Morgan fingerprint density at radius 3 is 2.45 bits per heavy atom. The van der Waals surface area contributed by atoms with Crippen LogP contribution in [0.1, 0.15) is 35.7 Å². The van der Waals surface area contributed by atoms with E-state index in [1.54, 1.807) is 0 Å². The van der Waals surface area contributed by atoms with Crippen LogP contribution in [0.4, 0.5) is 0 Å². The molecule has 0 bridgehead atoms. The lowest BCUT2D eigenvalue weighted by molar-refractivity contribution is 0.0921. The van der Waals surface area contributed by atoms with Gasteiger partial charge in [0.2, 0.25) is 0 Å². The van der Waals surface area contributed by atoms with Crippen molar-refractivity contribution in [2.24, 2.45) is 0 Å². The standard InChI is InChI=1S/C17H17BrO2/c1-12(2)13-6-8-14(9-7-13)17(19)11-20-16-5-3-4-15(18)10-16/h3-10,12H,11H2,1-2H3. The van der Waals surface area contributed by atoms with Crippen molar-refractivity contribution < 1.29 is 9.53 Å². The lowest BCUT2D eigenvalue weighted by Crippen LogP contribution is -2.11. The Hall–Kier alpha value is -1.61. The van der Waals surface area contributed by atoms with Gasteiger partial charge in [-0.2, -0.15) is 0 Å². The molecular weight excluding hydrogens is 316 g/mol.